The smallest absolute Gasteiger partial charge is 0.337 e. The number of rotatable bonds is 6. The topological polar surface area (TPSA) is 71.8 Å². The molecule has 6 nitrogen and oxygen atoms in total. The first-order valence-electron chi connectivity index (χ1n) is 8.88. The van der Waals surface area contributed by atoms with Crippen LogP contribution in [-0.2, 0) is 0 Å². The van der Waals surface area contributed by atoms with Crippen molar-refractivity contribution in [2.24, 2.45) is 0 Å². The first-order chi connectivity index (χ1) is 12.2. The Hall–Kier alpha value is -2.34. The fourth-order valence-corrected chi connectivity index (χ4v) is 3.19. The van der Waals surface area contributed by atoms with E-state index in [-0.39, 0.29) is 5.91 Å². The van der Waals surface area contributed by atoms with Crippen molar-refractivity contribution in [2.75, 3.05) is 32.8 Å². The zero-order valence-corrected chi connectivity index (χ0v) is 14.5. The number of carbonyl (C=O) groups excluding carboxylic acids is 1. The average Bonchev–Trinajstić information content (AvgIpc) is 2.62. The van der Waals surface area contributed by atoms with Crippen molar-refractivity contribution in [3.63, 3.8) is 0 Å². The minimum absolute atomic E-state index is 0.251. The highest BCUT2D eigenvalue weighted by Crippen LogP contribution is 2.22. The van der Waals surface area contributed by atoms with Crippen LogP contribution < -0.4 is 15.7 Å². The Balaban J connectivity index is 1.72. The van der Waals surface area contributed by atoms with Gasteiger partial charge in [-0.3, -0.25) is 4.79 Å². The molecule has 0 radical (unpaired) electrons. The van der Waals surface area contributed by atoms with Gasteiger partial charge >= 0.3 is 5.63 Å². The molecule has 1 aromatic heterocycles. The highest BCUT2D eigenvalue weighted by molar-refractivity contribution is 6.05. The molecule has 6 heteroatoms. The zero-order chi connectivity index (χ0) is 17.6. The van der Waals surface area contributed by atoms with Gasteiger partial charge < -0.3 is 19.4 Å². The zero-order valence-electron chi connectivity index (χ0n) is 14.5. The molecule has 2 aromatic rings. The molecule has 134 valence electrons. The summed E-state index contributed by atoms with van der Waals surface area (Å²) in [6.45, 7) is 5.98. The number of fused-ring (bicyclic) bond motifs is 1. The van der Waals surface area contributed by atoms with Gasteiger partial charge in [0.25, 0.3) is 5.91 Å². The van der Waals surface area contributed by atoms with Gasteiger partial charge in [-0.05, 0) is 45.0 Å². The summed E-state index contributed by atoms with van der Waals surface area (Å²) in [5.41, 5.74) is 0.162. The third-order valence-corrected chi connectivity index (χ3v) is 4.43. The number of carbonyl (C=O) groups is 1. The van der Waals surface area contributed by atoms with Gasteiger partial charge in [-0.1, -0.05) is 6.42 Å². The van der Waals surface area contributed by atoms with Crippen molar-refractivity contribution in [2.45, 2.75) is 26.2 Å². The van der Waals surface area contributed by atoms with E-state index in [1.54, 1.807) is 18.2 Å². The van der Waals surface area contributed by atoms with Crippen molar-refractivity contribution in [3.8, 4) is 5.75 Å². The van der Waals surface area contributed by atoms with Crippen LogP contribution in [0.3, 0.4) is 0 Å². The van der Waals surface area contributed by atoms with Crippen molar-refractivity contribution >= 4 is 16.9 Å². The number of hydrogen-bond acceptors (Lipinski definition) is 5. The summed E-state index contributed by atoms with van der Waals surface area (Å²) < 4.78 is 10.6. The number of hydrogen-bond donors (Lipinski definition) is 1. The summed E-state index contributed by atoms with van der Waals surface area (Å²) in [4.78, 5) is 26.7. The van der Waals surface area contributed by atoms with Crippen LogP contribution in [0.1, 0.15) is 36.5 Å². The largest absolute Gasteiger partial charge is 0.494 e. The lowest BCUT2D eigenvalue weighted by atomic mass is 10.1. The fourth-order valence-electron chi connectivity index (χ4n) is 3.19. The van der Waals surface area contributed by atoms with E-state index < -0.39 is 5.63 Å². The summed E-state index contributed by atoms with van der Waals surface area (Å²) >= 11 is 0. The van der Waals surface area contributed by atoms with E-state index in [9.17, 15) is 9.59 Å². The molecular formula is C19H24N2O4. The number of likely N-dealkylation sites (tertiary alicyclic amines) is 1. The molecule has 1 fully saturated rings. The van der Waals surface area contributed by atoms with Crippen LogP contribution in [-0.4, -0.2) is 43.6 Å². The van der Waals surface area contributed by atoms with Gasteiger partial charge in [-0.2, -0.15) is 0 Å². The van der Waals surface area contributed by atoms with E-state index in [4.69, 9.17) is 9.15 Å². The molecule has 0 bridgehead atoms. The van der Waals surface area contributed by atoms with Crippen LogP contribution in [0.2, 0.25) is 0 Å². The number of nitrogens with one attached hydrogen (secondary N) is 1. The Kier molecular flexibility index (Phi) is 5.71. The molecule has 1 saturated heterocycles. The Bertz CT molecular complexity index is 794. The van der Waals surface area contributed by atoms with Crippen molar-refractivity contribution < 1.29 is 13.9 Å². The van der Waals surface area contributed by atoms with E-state index >= 15 is 0 Å². The molecule has 0 spiro atoms. The molecule has 1 aromatic carbocycles. The van der Waals surface area contributed by atoms with Gasteiger partial charge in [0.2, 0.25) is 0 Å². The number of benzene rings is 1. The van der Waals surface area contributed by atoms with Crippen LogP contribution in [0, 0.1) is 0 Å². The molecule has 1 N–H and O–H groups in total. The fraction of sp³-hybridized carbons (Fsp3) is 0.474. The standard InChI is InChI=1S/C19H24N2O4/c1-2-24-14-6-7-15-16(13-18(22)25-17(15)12-14)19(23)20-8-11-21-9-4-3-5-10-21/h6-7,12-13H,2-5,8-11H2,1H3,(H,20,23). The summed E-state index contributed by atoms with van der Waals surface area (Å²) in [5.74, 6) is 0.361. The Labute approximate surface area is 146 Å². The van der Waals surface area contributed by atoms with Crippen LogP contribution in [0.25, 0.3) is 11.0 Å². The molecule has 0 unspecified atom stereocenters. The molecule has 1 aliphatic heterocycles. The summed E-state index contributed by atoms with van der Waals surface area (Å²) in [5, 5.41) is 3.52. The highest BCUT2D eigenvalue weighted by atomic mass is 16.5. The van der Waals surface area contributed by atoms with Gasteiger partial charge in [-0.15, -0.1) is 0 Å². The summed E-state index contributed by atoms with van der Waals surface area (Å²) in [7, 11) is 0. The van der Waals surface area contributed by atoms with Gasteiger partial charge in [0, 0.05) is 30.6 Å². The lowest BCUT2D eigenvalue weighted by Crippen LogP contribution is -2.37. The van der Waals surface area contributed by atoms with E-state index in [1.807, 2.05) is 6.92 Å². The van der Waals surface area contributed by atoms with Gasteiger partial charge in [0.1, 0.15) is 11.3 Å². The SMILES string of the molecule is CCOc1ccc2c(C(=O)NCCN3CCCCC3)cc(=O)oc2c1. The second-order valence-corrected chi connectivity index (χ2v) is 6.23. The molecule has 1 aliphatic rings. The van der Waals surface area contributed by atoms with Crippen molar-refractivity contribution in [1.29, 1.82) is 0 Å². The second kappa shape index (κ2) is 8.16. The molecule has 0 atom stereocenters. The van der Waals surface area contributed by atoms with Gasteiger partial charge in [0.05, 0.1) is 12.2 Å². The first-order valence-corrected chi connectivity index (χ1v) is 8.88. The van der Waals surface area contributed by atoms with Crippen LogP contribution >= 0.6 is 0 Å². The normalized spacial score (nSPS) is 15.2. The number of nitrogens with zero attached hydrogens (tertiary/aromatic N) is 1. The first kappa shape index (κ1) is 17.5. The molecule has 2 heterocycles. The lowest BCUT2D eigenvalue weighted by molar-refractivity contribution is 0.0947. The third-order valence-electron chi connectivity index (χ3n) is 4.43. The monoisotopic (exact) mass is 344 g/mol. The highest BCUT2D eigenvalue weighted by Gasteiger charge is 2.15. The molecule has 1 amide bonds. The molecule has 3 rings (SSSR count). The minimum atomic E-state index is -0.540. The molecule has 0 aliphatic carbocycles. The average molecular weight is 344 g/mol. The maximum absolute atomic E-state index is 12.5. The summed E-state index contributed by atoms with van der Waals surface area (Å²) in [6, 6.07) is 6.42. The van der Waals surface area contributed by atoms with Crippen LogP contribution in [0.5, 0.6) is 5.75 Å². The van der Waals surface area contributed by atoms with E-state index in [0.29, 0.717) is 35.4 Å². The van der Waals surface area contributed by atoms with Crippen LogP contribution in [0.15, 0.2) is 33.5 Å². The predicted octanol–water partition coefficient (Wildman–Crippen LogP) is 2.41. The van der Waals surface area contributed by atoms with Gasteiger partial charge in [0.15, 0.2) is 0 Å². The number of ether oxygens (including phenoxy) is 1. The van der Waals surface area contributed by atoms with Gasteiger partial charge in [-0.25, -0.2) is 4.79 Å². The quantitative estimate of drug-likeness (QED) is 0.815. The van der Waals surface area contributed by atoms with Crippen LogP contribution in [0.4, 0.5) is 0 Å². The second-order valence-electron chi connectivity index (χ2n) is 6.23. The number of amides is 1. The van der Waals surface area contributed by atoms with E-state index in [0.717, 1.165) is 19.6 Å². The summed E-state index contributed by atoms with van der Waals surface area (Å²) in [6.07, 6.45) is 3.74. The maximum Gasteiger partial charge on any atom is 0.337 e. The Morgan fingerprint density at radius 2 is 2.04 bits per heavy atom. The number of piperidine rings is 1. The molecule has 0 saturated carbocycles. The maximum atomic E-state index is 12.5. The third kappa shape index (κ3) is 4.39. The molecular weight excluding hydrogens is 320 g/mol. The Morgan fingerprint density at radius 1 is 1.24 bits per heavy atom. The Morgan fingerprint density at radius 3 is 2.80 bits per heavy atom. The van der Waals surface area contributed by atoms with Crippen molar-refractivity contribution in [1.82, 2.24) is 10.2 Å². The predicted molar refractivity (Wildman–Crippen MR) is 96.3 cm³/mol. The molecule has 25 heavy (non-hydrogen) atoms. The lowest BCUT2D eigenvalue weighted by Gasteiger charge is -2.26. The van der Waals surface area contributed by atoms with E-state index in [2.05, 4.69) is 10.2 Å². The minimum Gasteiger partial charge on any atom is -0.494 e. The van der Waals surface area contributed by atoms with E-state index in [1.165, 1.54) is 25.3 Å². The van der Waals surface area contributed by atoms with Crippen molar-refractivity contribution in [3.05, 3.63) is 40.2 Å².